The second kappa shape index (κ2) is 5.32. The van der Waals surface area contributed by atoms with Gasteiger partial charge >= 0.3 is 5.69 Å². The lowest BCUT2D eigenvalue weighted by Gasteiger charge is -2.17. The second-order valence-corrected chi connectivity index (χ2v) is 4.42. The number of hydrogen-bond donors (Lipinski definition) is 2. The van der Waals surface area contributed by atoms with Crippen molar-refractivity contribution >= 4 is 5.69 Å². The Labute approximate surface area is 105 Å². The van der Waals surface area contributed by atoms with E-state index in [0.29, 0.717) is 12.0 Å². The molecule has 0 amide bonds. The molecule has 6 heteroatoms. The second-order valence-electron chi connectivity index (χ2n) is 4.42. The molecule has 1 aromatic rings. The zero-order valence-electron chi connectivity index (χ0n) is 9.91. The number of aliphatic hydroxyl groups excluding tert-OH is 1. The van der Waals surface area contributed by atoms with Crippen molar-refractivity contribution in [2.75, 3.05) is 0 Å². The topological polar surface area (TPSA) is 98.6 Å². The third-order valence-corrected chi connectivity index (χ3v) is 3.15. The van der Waals surface area contributed by atoms with Gasteiger partial charge in [-0.15, -0.1) is 0 Å². The Bertz CT molecular complexity index is 450. The first-order valence-corrected chi connectivity index (χ1v) is 5.94. The molecule has 0 aliphatic heterocycles. The Morgan fingerprint density at radius 3 is 2.83 bits per heavy atom. The van der Waals surface area contributed by atoms with Crippen molar-refractivity contribution in [3.8, 4) is 5.75 Å². The summed E-state index contributed by atoms with van der Waals surface area (Å²) in [4.78, 5) is 10.5. The molecule has 1 saturated carbocycles. The van der Waals surface area contributed by atoms with Gasteiger partial charge in [-0.25, -0.2) is 0 Å². The smallest absolute Gasteiger partial charge is 0.311 e. The van der Waals surface area contributed by atoms with Crippen molar-refractivity contribution in [1.82, 2.24) is 0 Å². The summed E-state index contributed by atoms with van der Waals surface area (Å²) < 4.78 is 5.55. The average molecular weight is 252 g/mol. The first kappa shape index (κ1) is 12.8. The average Bonchev–Trinajstić information content (AvgIpc) is 2.75. The minimum atomic E-state index is -0.543. The van der Waals surface area contributed by atoms with Crippen LogP contribution in [-0.4, -0.2) is 22.2 Å². The molecule has 3 N–H and O–H groups in total. The molecule has 0 spiro atoms. The Kier molecular flexibility index (Phi) is 3.78. The van der Waals surface area contributed by atoms with E-state index in [-0.39, 0.29) is 24.1 Å². The molecule has 2 unspecified atom stereocenters. The van der Waals surface area contributed by atoms with Gasteiger partial charge in [0.05, 0.1) is 11.0 Å². The first-order chi connectivity index (χ1) is 8.61. The summed E-state index contributed by atoms with van der Waals surface area (Å²) in [5.74, 6) is 0.197. The predicted molar refractivity (Wildman–Crippen MR) is 65.3 cm³/mol. The highest BCUT2D eigenvalue weighted by molar-refractivity contribution is 5.48. The van der Waals surface area contributed by atoms with Crippen LogP contribution in [0.3, 0.4) is 0 Å². The molecule has 0 radical (unpaired) electrons. The van der Waals surface area contributed by atoms with Crippen molar-refractivity contribution in [3.05, 3.63) is 33.9 Å². The van der Waals surface area contributed by atoms with Crippen LogP contribution in [0.5, 0.6) is 5.75 Å². The number of aliphatic hydroxyl groups is 1. The molecule has 0 aromatic heterocycles. The molecule has 98 valence electrons. The summed E-state index contributed by atoms with van der Waals surface area (Å²) >= 11 is 0. The van der Waals surface area contributed by atoms with Gasteiger partial charge in [0.15, 0.2) is 5.75 Å². The van der Waals surface area contributed by atoms with Gasteiger partial charge in [-0.05, 0) is 30.9 Å². The van der Waals surface area contributed by atoms with E-state index in [9.17, 15) is 15.2 Å². The van der Waals surface area contributed by atoms with Crippen LogP contribution in [0, 0.1) is 10.1 Å². The van der Waals surface area contributed by atoms with E-state index in [0.717, 1.165) is 12.8 Å². The van der Waals surface area contributed by atoms with Crippen LogP contribution in [0.1, 0.15) is 24.8 Å². The fourth-order valence-corrected chi connectivity index (χ4v) is 2.14. The molecule has 1 fully saturated rings. The predicted octanol–water partition coefficient (Wildman–Crippen LogP) is 1.35. The van der Waals surface area contributed by atoms with Crippen LogP contribution in [0.25, 0.3) is 0 Å². The van der Waals surface area contributed by atoms with Crippen LogP contribution in [0.2, 0.25) is 0 Å². The number of nitrogens with two attached hydrogens (primary N) is 1. The number of nitrogens with zero attached hydrogens (tertiary/aromatic N) is 1. The monoisotopic (exact) mass is 252 g/mol. The highest BCUT2D eigenvalue weighted by Gasteiger charge is 2.29. The lowest BCUT2D eigenvalue weighted by molar-refractivity contribution is -0.386. The third kappa shape index (κ3) is 2.60. The normalized spacial score (nSPS) is 23.0. The van der Waals surface area contributed by atoms with Gasteiger partial charge in [0.2, 0.25) is 0 Å². The molecule has 1 aromatic carbocycles. The van der Waals surface area contributed by atoms with Gasteiger partial charge in [-0.2, -0.15) is 0 Å². The highest BCUT2D eigenvalue weighted by Crippen LogP contribution is 2.32. The fraction of sp³-hybridized carbons (Fsp3) is 0.500. The van der Waals surface area contributed by atoms with E-state index in [1.54, 1.807) is 12.1 Å². The van der Waals surface area contributed by atoms with E-state index in [4.69, 9.17) is 10.5 Å². The van der Waals surface area contributed by atoms with Crippen LogP contribution in [0.15, 0.2) is 18.2 Å². The zero-order valence-corrected chi connectivity index (χ0v) is 9.91. The molecular weight excluding hydrogens is 236 g/mol. The number of nitro benzene ring substituents is 1. The van der Waals surface area contributed by atoms with Crippen LogP contribution >= 0.6 is 0 Å². The van der Waals surface area contributed by atoms with Crippen molar-refractivity contribution in [3.63, 3.8) is 0 Å². The maximum Gasteiger partial charge on any atom is 0.311 e. The van der Waals surface area contributed by atoms with Crippen molar-refractivity contribution < 1.29 is 14.8 Å². The first-order valence-electron chi connectivity index (χ1n) is 5.94. The minimum Gasteiger partial charge on any atom is -0.481 e. The van der Waals surface area contributed by atoms with Crippen molar-refractivity contribution in [2.45, 2.75) is 38.0 Å². The van der Waals surface area contributed by atoms with Gasteiger partial charge in [0.25, 0.3) is 0 Å². The van der Waals surface area contributed by atoms with Crippen LogP contribution in [-0.2, 0) is 6.54 Å². The summed E-state index contributed by atoms with van der Waals surface area (Å²) in [6, 6.07) is 4.66. The Balaban J connectivity index is 2.23. The summed E-state index contributed by atoms with van der Waals surface area (Å²) in [6.07, 6.45) is 1.38. The maximum absolute atomic E-state index is 11.0. The largest absolute Gasteiger partial charge is 0.481 e. The number of nitro groups is 1. The SMILES string of the molecule is NCc1ccc(OC2CCCC2O)c([N+](=O)[O-])c1. The van der Waals surface area contributed by atoms with Crippen molar-refractivity contribution in [1.29, 1.82) is 0 Å². The van der Waals surface area contributed by atoms with E-state index in [2.05, 4.69) is 0 Å². The molecule has 0 saturated heterocycles. The minimum absolute atomic E-state index is 0.1000. The quantitative estimate of drug-likeness (QED) is 0.622. The van der Waals surface area contributed by atoms with E-state index >= 15 is 0 Å². The zero-order chi connectivity index (χ0) is 13.1. The molecule has 2 atom stereocenters. The lowest BCUT2D eigenvalue weighted by Crippen LogP contribution is -2.25. The van der Waals surface area contributed by atoms with E-state index in [1.807, 2.05) is 0 Å². The third-order valence-electron chi connectivity index (χ3n) is 3.15. The van der Waals surface area contributed by atoms with Crippen molar-refractivity contribution in [2.24, 2.45) is 5.73 Å². The summed E-state index contributed by atoms with van der Waals surface area (Å²) in [6.45, 7) is 0.243. The summed E-state index contributed by atoms with van der Waals surface area (Å²) in [7, 11) is 0. The Morgan fingerprint density at radius 1 is 1.50 bits per heavy atom. The van der Waals surface area contributed by atoms with Gasteiger partial charge < -0.3 is 15.6 Å². The molecule has 1 aliphatic carbocycles. The molecule has 1 aliphatic rings. The van der Waals surface area contributed by atoms with E-state index < -0.39 is 11.0 Å². The number of benzene rings is 1. The Morgan fingerprint density at radius 2 is 2.28 bits per heavy atom. The standard InChI is InChI=1S/C12H16N2O4/c13-7-8-4-5-11(9(6-8)14(16)17)18-12-3-1-2-10(12)15/h4-6,10,12,15H,1-3,7,13H2. The van der Waals surface area contributed by atoms with Crippen LogP contribution in [0.4, 0.5) is 5.69 Å². The molecule has 0 bridgehead atoms. The molecule has 6 nitrogen and oxygen atoms in total. The highest BCUT2D eigenvalue weighted by atomic mass is 16.6. The number of hydrogen-bond acceptors (Lipinski definition) is 5. The Hall–Kier alpha value is -1.66. The maximum atomic E-state index is 11.0. The molecule has 2 rings (SSSR count). The van der Waals surface area contributed by atoms with Gasteiger partial charge in [-0.3, -0.25) is 10.1 Å². The number of ether oxygens (including phenoxy) is 1. The van der Waals surface area contributed by atoms with Gasteiger partial charge in [-0.1, -0.05) is 6.07 Å². The number of rotatable bonds is 4. The summed E-state index contributed by atoms with van der Waals surface area (Å²) in [5.41, 5.74) is 6.03. The van der Waals surface area contributed by atoms with E-state index in [1.165, 1.54) is 6.07 Å². The molecular formula is C12H16N2O4. The molecule has 18 heavy (non-hydrogen) atoms. The summed E-state index contributed by atoms with van der Waals surface area (Å²) in [5, 5.41) is 20.6. The van der Waals surface area contributed by atoms with Gasteiger partial charge in [0, 0.05) is 12.6 Å². The van der Waals surface area contributed by atoms with Gasteiger partial charge in [0.1, 0.15) is 6.10 Å². The fourth-order valence-electron chi connectivity index (χ4n) is 2.14. The van der Waals surface area contributed by atoms with Crippen LogP contribution < -0.4 is 10.5 Å². The molecule has 0 heterocycles. The lowest BCUT2D eigenvalue weighted by atomic mass is 10.2.